The predicted octanol–water partition coefficient (Wildman–Crippen LogP) is 6.31. The highest BCUT2D eigenvalue weighted by molar-refractivity contribution is 6.12. The van der Waals surface area contributed by atoms with Crippen molar-refractivity contribution in [1.29, 1.82) is 0 Å². The maximum Gasteiger partial charge on any atom is 0.251 e. The monoisotopic (exact) mass is 488 g/mol. The molecule has 6 rings (SSSR count). The standard InChI is InChI=1S/C32H32N4O/c1-2-3-7-25-19-26-18-23-8-4-5-9-24(23)20-27(26)31(30(25)32(33)37)36-16-14-35(15-17-36)29-11-6-10-22-12-13-34-21-28(22)29/h4-6,8-13,18-21H,2-3,7,14-17H2,1H3,(H2,33,37). The van der Waals surface area contributed by atoms with E-state index >= 15 is 0 Å². The van der Waals surface area contributed by atoms with E-state index in [1.54, 1.807) is 0 Å². The summed E-state index contributed by atoms with van der Waals surface area (Å²) in [4.78, 5) is 22.1. The SMILES string of the molecule is CCCCc1cc2cc3ccccc3cc2c(N2CCN(c3cccc4ccncc34)CC2)c1C(N)=O. The van der Waals surface area contributed by atoms with E-state index in [0.717, 1.165) is 62.1 Å². The molecular formula is C32H32N4O. The number of benzene rings is 4. The number of primary amides is 1. The van der Waals surface area contributed by atoms with Crippen molar-refractivity contribution in [3.8, 4) is 0 Å². The van der Waals surface area contributed by atoms with E-state index in [1.807, 2.05) is 12.4 Å². The second kappa shape index (κ2) is 9.74. The second-order valence-electron chi connectivity index (χ2n) is 10.00. The van der Waals surface area contributed by atoms with Gasteiger partial charge in [-0.2, -0.15) is 0 Å². The zero-order valence-corrected chi connectivity index (χ0v) is 21.3. The Morgan fingerprint density at radius 2 is 1.57 bits per heavy atom. The van der Waals surface area contributed by atoms with Crippen LogP contribution in [0.5, 0.6) is 0 Å². The second-order valence-corrected chi connectivity index (χ2v) is 10.00. The minimum atomic E-state index is -0.335. The Kier molecular flexibility index (Phi) is 6.13. The van der Waals surface area contributed by atoms with E-state index in [4.69, 9.17) is 5.73 Å². The van der Waals surface area contributed by atoms with Crippen molar-refractivity contribution in [3.63, 3.8) is 0 Å². The van der Waals surface area contributed by atoms with Gasteiger partial charge in [0.25, 0.3) is 5.91 Å². The Hall–Kier alpha value is -4.12. The van der Waals surface area contributed by atoms with Crippen molar-refractivity contribution in [3.05, 3.63) is 90.3 Å². The first-order valence-corrected chi connectivity index (χ1v) is 13.2. The lowest BCUT2D eigenvalue weighted by Gasteiger charge is -2.39. The summed E-state index contributed by atoms with van der Waals surface area (Å²) in [6.45, 7) is 5.54. The topological polar surface area (TPSA) is 62.5 Å². The number of aryl methyl sites for hydroxylation is 1. The van der Waals surface area contributed by atoms with Crippen LogP contribution in [0.1, 0.15) is 35.7 Å². The molecule has 2 N–H and O–H groups in total. The number of hydrogen-bond acceptors (Lipinski definition) is 4. The van der Waals surface area contributed by atoms with E-state index in [9.17, 15) is 4.79 Å². The number of nitrogens with zero attached hydrogens (tertiary/aromatic N) is 3. The molecule has 186 valence electrons. The summed E-state index contributed by atoms with van der Waals surface area (Å²) in [6.07, 6.45) is 6.75. The van der Waals surface area contributed by atoms with E-state index < -0.39 is 0 Å². The Balaban J connectivity index is 1.44. The van der Waals surface area contributed by atoms with Gasteiger partial charge in [-0.15, -0.1) is 0 Å². The van der Waals surface area contributed by atoms with Crippen LogP contribution in [0, 0.1) is 0 Å². The van der Waals surface area contributed by atoms with Crippen LogP contribution in [-0.2, 0) is 6.42 Å². The molecule has 4 aromatic carbocycles. The van der Waals surface area contributed by atoms with Gasteiger partial charge in [-0.05, 0) is 64.2 Å². The number of aromatic nitrogens is 1. The largest absolute Gasteiger partial charge is 0.367 e. The quantitative estimate of drug-likeness (QED) is 0.285. The van der Waals surface area contributed by atoms with Crippen LogP contribution in [0.15, 0.2) is 79.1 Å². The predicted molar refractivity (Wildman–Crippen MR) is 155 cm³/mol. The molecule has 0 saturated carbocycles. The van der Waals surface area contributed by atoms with Gasteiger partial charge in [0, 0.05) is 55.0 Å². The summed E-state index contributed by atoms with van der Waals surface area (Å²) in [6, 6.07) is 23.6. The molecule has 5 aromatic rings. The van der Waals surface area contributed by atoms with Crippen molar-refractivity contribution in [2.45, 2.75) is 26.2 Å². The van der Waals surface area contributed by atoms with Gasteiger partial charge in [0.15, 0.2) is 0 Å². The average molecular weight is 489 g/mol. The van der Waals surface area contributed by atoms with Crippen LogP contribution in [-0.4, -0.2) is 37.1 Å². The number of rotatable bonds is 6. The van der Waals surface area contributed by atoms with E-state index in [0.29, 0.717) is 5.56 Å². The number of carbonyl (C=O) groups is 1. The number of unbranched alkanes of at least 4 members (excludes halogenated alkanes) is 1. The van der Waals surface area contributed by atoms with Crippen LogP contribution in [0.25, 0.3) is 32.3 Å². The molecule has 0 atom stereocenters. The Bertz CT molecular complexity index is 1610. The number of amides is 1. The van der Waals surface area contributed by atoms with Gasteiger partial charge >= 0.3 is 0 Å². The van der Waals surface area contributed by atoms with Crippen molar-refractivity contribution in [2.75, 3.05) is 36.0 Å². The molecule has 1 aliphatic heterocycles. The summed E-state index contributed by atoms with van der Waals surface area (Å²) in [5.41, 5.74) is 10.1. The van der Waals surface area contributed by atoms with Crippen LogP contribution >= 0.6 is 0 Å². The number of pyridine rings is 1. The highest BCUT2D eigenvalue weighted by Crippen LogP contribution is 2.38. The number of hydrogen-bond donors (Lipinski definition) is 1. The third-order valence-electron chi connectivity index (χ3n) is 7.70. The van der Waals surface area contributed by atoms with Crippen molar-refractivity contribution < 1.29 is 4.79 Å². The molecule has 1 fully saturated rings. The van der Waals surface area contributed by atoms with Crippen molar-refractivity contribution in [2.24, 2.45) is 5.73 Å². The molecule has 2 heterocycles. The van der Waals surface area contributed by atoms with Gasteiger partial charge in [-0.3, -0.25) is 9.78 Å². The summed E-state index contributed by atoms with van der Waals surface area (Å²) in [5, 5.41) is 7.04. The zero-order valence-electron chi connectivity index (χ0n) is 21.3. The fourth-order valence-electron chi connectivity index (χ4n) is 5.84. The summed E-state index contributed by atoms with van der Waals surface area (Å²) < 4.78 is 0. The van der Waals surface area contributed by atoms with E-state index in [-0.39, 0.29) is 5.91 Å². The van der Waals surface area contributed by atoms with Gasteiger partial charge in [-0.1, -0.05) is 55.8 Å². The molecule has 1 saturated heterocycles. The van der Waals surface area contributed by atoms with E-state index in [2.05, 4.69) is 88.4 Å². The van der Waals surface area contributed by atoms with Crippen molar-refractivity contribution >= 4 is 49.6 Å². The number of nitrogens with two attached hydrogens (primary N) is 1. The Morgan fingerprint density at radius 3 is 2.32 bits per heavy atom. The van der Waals surface area contributed by atoms with Gasteiger partial charge in [-0.25, -0.2) is 0 Å². The van der Waals surface area contributed by atoms with Crippen molar-refractivity contribution in [1.82, 2.24) is 4.98 Å². The molecule has 0 radical (unpaired) electrons. The lowest BCUT2D eigenvalue weighted by atomic mass is 9.92. The highest BCUT2D eigenvalue weighted by atomic mass is 16.1. The molecule has 1 aromatic heterocycles. The third kappa shape index (κ3) is 4.25. The molecule has 37 heavy (non-hydrogen) atoms. The number of anilines is 2. The fourth-order valence-corrected chi connectivity index (χ4v) is 5.84. The summed E-state index contributed by atoms with van der Waals surface area (Å²) >= 11 is 0. The zero-order chi connectivity index (χ0) is 25.4. The summed E-state index contributed by atoms with van der Waals surface area (Å²) in [5.74, 6) is -0.335. The molecule has 0 spiro atoms. The molecular weight excluding hydrogens is 456 g/mol. The van der Waals surface area contributed by atoms with Gasteiger partial charge in [0.2, 0.25) is 0 Å². The Labute approximate surface area is 217 Å². The maximum absolute atomic E-state index is 13.0. The van der Waals surface area contributed by atoms with Crippen LogP contribution in [0.2, 0.25) is 0 Å². The first-order valence-electron chi connectivity index (χ1n) is 13.2. The number of piperazine rings is 1. The minimum Gasteiger partial charge on any atom is -0.367 e. The van der Waals surface area contributed by atoms with E-state index in [1.165, 1.54) is 32.6 Å². The average Bonchev–Trinajstić information content (AvgIpc) is 2.94. The fraction of sp³-hybridized carbons (Fsp3) is 0.250. The molecule has 1 amide bonds. The van der Waals surface area contributed by atoms with Gasteiger partial charge in [0.1, 0.15) is 0 Å². The molecule has 0 unspecified atom stereocenters. The van der Waals surface area contributed by atoms with Crippen LogP contribution in [0.3, 0.4) is 0 Å². The first kappa shape index (κ1) is 23.3. The lowest BCUT2D eigenvalue weighted by molar-refractivity contribution is 0.1000. The van der Waals surface area contributed by atoms with Crippen LogP contribution < -0.4 is 15.5 Å². The maximum atomic E-state index is 13.0. The minimum absolute atomic E-state index is 0.335. The lowest BCUT2D eigenvalue weighted by Crippen LogP contribution is -2.47. The third-order valence-corrected chi connectivity index (χ3v) is 7.70. The Morgan fingerprint density at radius 1 is 0.838 bits per heavy atom. The van der Waals surface area contributed by atoms with Gasteiger partial charge in [0.05, 0.1) is 11.3 Å². The molecule has 5 heteroatoms. The van der Waals surface area contributed by atoms with Gasteiger partial charge < -0.3 is 15.5 Å². The first-order chi connectivity index (χ1) is 18.1. The molecule has 0 bridgehead atoms. The normalized spacial score (nSPS) is 14.1. The smallest absolute Gasteiger partial charge is 0.251 e. The molecule has 5 nitrogen and oxygen atoms in total. The van der Waals surface area contributed by atoms with Crippen LogP contribution in [0.4, 0.5) is 11.4 Å². The molecule has 1 aliphatic rings. The molecule has 0 aliphatic carbocycles. The summed E-state index contributed by atoms with van der Waals surface area (Å²) in [7, 11) is 0. The number of carbonyl (C=O) groups excluding carboxylic acids is 1. The highest BCUT2D eigenvalue weighted by Gasteiger charge is 2.26. The number of fused-ring (bicyclic) bond motifs is 3.